The van der Waals surface area contributed by atoms with Crippen LogP contribution in [-0.4, -0.2) is 23.3 Å². The highest BCUT2D eigenvalue weighted by Gasteiger charge is 2.26. The molecule has 0 aliphatic rings. The topological polar surface area (TPSA) is 36.3 Å². The average molecular weight is 466 g/mol. The predicted molar refractivity (Wildman–Crippen MR) is 94.8 cm³/mol. The van der Waals surface area contributed by atoms with Crippen LogP contribution in [0.5, 0.6) is 11.5 Å². The minimum Gasteiger partial charge on any atom is -0.494 e. The van der Waals surface area contributed by atoms with E-state index in [2.05, 4.69) is 25.7 Å². The summed E-state index contributed by atoms with van der Waals surface area (Å²) < 4.78 is 64.8. The molecule has 0 atom stereocenters. The third kappa shape index (κ3) is 3.74. The van der Waals surface area contributed by atoms with Gasteiger partial charge in [0, 0.05) is 6.07 Å². The van der Waals surface area contributed by atoms with E-state index in [9.17, 15) is 17.6 Å². The summed E-state index contributed by atoms with van der Waals surface area (Å²) >= 11 is 9.28. The molecule has 0 fully saturated rings. The molecule has 0 amide bonds. The van der Waals surface area contributed by atoms with E-state index in [-0.39, 0.29) is 32.8 Å². The fourth-order valence-corrected chi connectivity index (χ4v) is 3.45. The van der Waals surface area contributed by atoms with Crippen LogP contribution >= 0.6 is 27.5 Å². The quantitative estimate of drug-likeness (QED) is 0.444. The Hall–Kier alpha value is -2.26. The van der Waals surface area contributed by atoms with E-state index in [1.807, 2.05) is 0 Å². The Morgan fingerprint density at radius 1 is 1.19 bits per heavy atom. The maximum atomic E-state index is 14.8. The molecule has 3 rings (SSSR count). The highest BCUT2D eigenvalue weighted by atomic mass is 79.9. The summed E-state index contributed by atoms with van der Waals surface area (Å²) in [5, 5.41) is -0.201. The van der Waals surface area contributed by atoms with Crippen LogP contribution < -0.4 is 9.47 Å². The predicted octanol–water partition coefficient (Wildman–Crippen LogP) is 5.84. The molecule has 4 nitrogen and oxygen atoms in total. The smallest absolute Gasteiger partial charge is 0.387 e. The number of benzene rings is 2. The van der Waals surface area contributed by atoms with Gasteiger partial charge in [-0.2, -0.15) is 8.78 Å². The van der Waals surface area contributed by atoms with Crippen LogP contribution in [0, 0.1) is 11.6 Å². The van der Waals surface area contributed by atoms with E-state index >= 15 is 0 Å². The van der Waals surface area contributed by atoms with Crippen LogP contribution in [0.1, 0.15) is 0 Å². The summed E-state index contributed by atoms with van der Waals surface area (Å²) in [7, 11) is 1.24. The normalized spacial score (nSPS) is 11.1. The molecule has 0 radical (unpaired) electrons. The number of alkyl halides is 2. The second-order valence-electron chi connectivity index (χ2n) is 5.17. The first-order valence-electron chi connectivity index (χ1n) is 7.34. The molecule has 1 heterocycles. The Balaban J connectivity index is 2.25. The summed E-state index contributed by atoms with van der Waals surface area (Å²) in [6.07, 6.45) is 0. The van der Waals surface area contributed by atoms with Crippen LogP contribution in [0.2, 0.25) is 5.15 Å². The van der Waals surface area contributed by atoms with Crippen LogP contribution in [0.15, 0.2) is 41.1 Å². The number of hydrogen-bond acceptors (Lipinski definition) is 3. The number of nitrogens with zero attached hydrogens (tertiary/aromatic N) is 2. The molecule has 0 unspecified atom stereocenters. The van der Waals surface area contributed by atoms with Crippen molar-refractivity contribution in [1.29, 1.82) is 0 Å². The Labute approximate surface area is 164 Å². The van der Waals surface area contributed by atoms with Gasteiger partial charge >= 0.3 is 6.61 Å². The Morgan fingerprint density at radius 2 is 1.93 bits per heavy atom. The van der Waals surface area contributed by atoms with Crippen molar-refractivity contribution in [3.05, 3.63) is 57.9 Å². The lowest BCUT2D eigenvalue weighted by atomic mass is 10.1. The van der Waals surface area contributed by atoms with Crippen molar-refractivity contribution in [3.8, 4) is 28.4 Å². The van der Waals surface area contributed by atoms with Gasteiger partial charge < -0.3 is 9.47 Å². The molecular weight excluding hydrogens is 456 g/mol. The molecule has 3 aromatic rings. The van der Waals surface area contributed by atoms with Gasteiger partial charge in [-0.1, -0.05) is 17.7 Å². The Kier molecular flexibility index (Phi) is 5.61. The number of ether oxygens (including phenoxy) is 2. The average Bonchev–Trinajstić information content (AvgIpc) is 2.89. The van der Waals surface area contributed by atoms with E-state index in [1.165, 1.54) is 35.9 Å². The maximum absolute atomic E-state index is 14.8. The SMILES string of the molecule is COc1ccc(F)c(-c2c(Cl)nc(Br)n2-c2cccc(OC(F)F)c2)c1F. The molecule has 0 saturated carbocycles. The monoisotopic (exact) mass is 464 g/mol. The first-order valence-corrected chi connectivity index (χ1v) is 8.52. The molecule has 27 heavy (non-hydrogen) atoms. The van der Waals surface area contributed by atoms with Gasteiger partial charge in [0.1, 0.15) is 11.6 Å². The van der Waals surface area contributed by atoms with Crippen LogP contribution in [0.25, 0.3) is 16.9 Å². The van der Waals surface area contributed by atoms with Gasteiger partial charge in [0.2, 0.25) is 0 Å². The third-order valence-corrected chi connectivity index (χ3v) is 4.40. The lowest BCUT2D eigenvalue weighted by molar-refractivity contribution is -0.0498. The lowest BCUT2D eigenvalue weighted by Gasteiger charge is -2.14. The largest absolute Gasteiger partial charge is 0.494 e. The second-order valence-corrected chi connectivity index (χ2v) is 6.24. The van der Waals surface area contributed by atoms with Gasteiger partial charge in [0.05, 0.1) is 24.1 Å². The maximum Gasteiger partial charge on any atom is 0.387 e. The second kappa shape index (κ2) is 7.77. The van der Waals surface area contributed by atoms with Crippen molar-refractivity contribution < 1.29 is 27.0 Å². The molecule has 0 saturated heterocycles. The highest BCUT2D eigenvalue weighted by Crippen LogP contribution is 2.39. The van der Waals surface area contributed by atoms with E-state index in [0.717, 1.165) is 12.1 Å². The van der Waals surface area contributed by atoms with E-state index in [0.29, 0.717) is 0 Å². The van der Waals surface area contributed by atoms with Crippen molar-refractivity contribution in [2.45, 2.75) is 6.61 Å². The Bertz CT molecular complexity index is 997. The molecule has 1 aromatic heterocycles. The number of methoxy groups -OCH3 is 1. The fraction of sp³-hybridized carbons (Fsp3) is 0.118. The van der Waals surface area contributed by atoms with Crippen LogP contribution in [0.4, 0.5) is 17.6 Å². The van der Waals surface area contributed by atoms with Gasteiger partial charge in [0.15, 0.2) is 21.5 Å². The number of imidazole rings is 1. The van der Waals surface area contributed by atoms with Gasteiger partial charge in [-0.25, -0.2) is 13.8 Å². The minimum absolute atomic E-state index is 0.110. The highest BCUT2D eigenvalue weighted by molar-refractivity contribution is 9.10. The van der Waals surface area contributed by atoms with Gasteiger partial charge in [0.25, 0.3) is 0 Å². The van der Waals surface area contributed by atoms with Crippen molar-refractivity contribution >= 4 is 27.5 Å². The lowest BCUT2D eigenvalue weighted by Crippen LogP contribution is -2.05. The molecular formula is C17H10BrClF4N2O2. The van der Waals surface area contributed by atoms with Crippen molar-refractivity contribution in [3.63, 3.8) is 0 Å². The summed E-state index contributed by atoms with van der Waals surface area (Å²) in [5.41, 5.74) is -0.347. The molecule has 142 valence electrons. The number of halogens is 6. The van der Waals surface area contributed by atoms with Crippen LogP contribution in [-0.2, 0) is 0 Å². The fourth-order valence-electron chi connectivity index (χ4n) is 2.53. The van der Waals surface area contributed by atoms with E-state index in [1.54, 1.807) is 0 Å². The summed E-state index contributed by atoms with van der Waals surface area (Å²) in [5.74, 6) is -2.21. The third-order valence-electron chi connectivity index (χ3n) is 3.61. The molecule has 0 aliphatic carbocycles. The molecule has 0 spiro atoms. The molecule has 2 aromatic carbocycles. The number of rotatable bonds is 5. The van der Waals surface area contributed by atoms with Crippen molar-refractivity contribution in [1.82, 2.24) is 9.55 Å². The van der Waals surface area contributed by atoms with Crippen molar-refractivity contribution in [2.75, 3.05) is 7.11 Å². The minimum atomic E-state index is -3.03. The molecule has 0 aliphatic heterocycles. The molecule has 10 heteroatoms. The summed E-state index contributed by atoms with van der Waals surface area (Å²) in [6.45, 7) is -3.03. The number of hydrogen-bond donors (Lipinski definition) is 0. The van der Waals surface area contributed by atoms with E-state index < -0.39 is 23.8 Å². The van der Waals surface area contributed by atoms with Gasteiger partial charge in [-0.3, -0.25) is 4.57 Å². The standard InChI is InChI=1S/C17H10BrClF4N2O2/c1-26-11-6-5-10(20)12(13(11)21)14-15(19)24-16(18)25(14)8-3-2-4-9(7-8)27-17(22)23/h2-7,17H,1H3. The molecule has 0 bridgehead atoms. The van der Waals surface area contributed by atoms with Gasteiger partial charge in [-0.05, 0) is 40.2 Å². The summed E-state index contributed by atoms with van der Waals surface area (Å²) in [4.78, 5) is 3.97. The Morgan fingerprint density at radius 3 is 2.59 bits per heavy atom. The first kappa shape index (κ1) is 19.5. The van der Waals surface area contributed by atoms with E-state index in [4.69, 9.17) is 16.3 Å². The van der Waals surface area contributed by atoms with Crippen LogP contribution in [0.3, 0.4) is 0 Å². The zero-order valence-corrected chi connectivity index (χ0v) is 15.9. The number of aromatic nitrogens is 2. The molecule has 0 N–H and O–H groups in total. The zero-order valence-electron chi connectivity index (χ0n) is 13.5. The van der Waals surface area contributed by atoms with Gasteiger partial charge in [-0.15, -0.1) is 0 Å². The first-order chi connectivity index (χ1) is 12.8. The van der Waals surface area contributed by atoms with Crippen molar-refractivity contribution in [2.24, 2.45) is 0 Å². The summed E-state index contributed by atoms with van der Waals surface area (Å²) in [6, 6.07) is 7.68. The zero-order chi connectivity index (χ0) is 19.7.